The maximum atomic E-state index is 13.2. The summed E-state index contributed by atoms with van der Waals surface area (Å²) >= 11 is 2.38. The van der Waals surface area contributed by atoms with Gasteiger partial charge < -0.3 is 4.90 Å². The highest BCUT2D eigenvalue weighted by Gasteiger charge is 2.77. The summed E-state index contributed by atoms with van der Waals surface area (Å²) in [5, 5.41) is 0. The molecule has 0 spiro atoms. The Bertz CT molecular complexity index is 423. The highest BCUT2D eigenvalue weighted by Crippen LogP contribution is 2.47. The quantitative estimate of drug-likeness (QED) is 0.563. The molecular formula is C9H7BrF7NO2. The summed E-state index contributed by atoms with van der Waals surface area (Å²) in [4.78, 5) is 22.3. The summed E-state index contributed by atoms with van der Waals surface area (Å²) in [5.74, 6) is -15.2. The largest absolute Gasteiger partial charge is 0.460 e. The minimum atomic E-state index is -6.58. The number of carbonyl (C=O) groups is 2. The Balaban J connectivity index is 3.09. The van der Waals surface area contributed by atoms with Crippen molar-refractivity contribution in [3.63, 3.8) is 0 Å². The first-order valence-corrected chi connectivity index (χ1v) is 5.96. The molecule has 1 aliphatic rings. The molecule has 1 rings (SSSR count). The third-order valence-electron chi connectivity index (χ3n) is 2.79. The van der Waals surface area contributed by atoms with E-state index in [4.69, 9.17) is 0 Å². The molecule has 0 unspecified atom stereocenters. The number of alkyl halides is 7. The van der Waals surface area contributed by atoms with Crippen molar-refractivity contribution in [1.29, 1.82) is 0 Å². The topological polar surface area (TPSA) is 37.4 Å². The van der Waals surface area contributed by atoms with E-state index in [0.29, 0.717) is 0 Å². The summed E-state index contributed by atoms with van der Waals surface area (Å²) < 4.78 is 86.8. The van der Waals surface area contributed by atoms with Gasteiger partial charge in [-0.2, -0.15) is 30.7 Å². The van der Waals surface area contributed by atoms with Crippen molar-refractivity contribution in [3.05, 3.63) is 0 Å². The standard InChI is InChI=1S/C9H7BrF7NO2/c10-5(19)4-2-1-3-18(4)6(20)7(11,12)8(13,14)9(15,16)17/h4H,1-3H2/t4-/m0/s1. The third-order valence-corrected chi connectivity index (χ3v) is 3.32. The van der Waals surface area contributed by atoms with E-state index in [2.05, 4.69) is 15.9 Å². The zero-order valence-electron chi connectivity index (χ0n) is 9.49. The molecule has 0 aromatic rings. The summed E-state index contributed by atoms with van der Waals surface area (Å²) in [6, 6.07) is -1.47. The van der Waals surface area contributed by atoms with Gasteiger partial charge in [0, 0.05) is 6.54 Å². The van der Waals surface area contributed by atoms with Crippen LogP contribution in [0.4, 0.5) is 30.7 Å². The van der Waals surface area contributed by atoms with Gasteiger partial charge >= 0.3 is 23.9 Å². The molecule has 0 aliphatic carbocycles. The van der Waals surface area contributed by atoms with E-state index in [0.717, 1.165) is 0 Å². The number of rotatable bonds is 3. The van der Waals surface area contributed by atoms with Gasteiger partial charge in [-0.1, -0.05) is 0 Å². The first-order valence-electron chi connectivity index (χ1n) is 5.17. The van der Waals surface area contributed by atoms with Crippen LogP contribution in [0.2, 0.25) is 0 Å². The molecule has 0 radical (unpaired) electrons. The van der Waals surface area contributed by atoms with E-state index in [1.807, 2.05) is 0 Å². The number of hydrogen-bond donors (Lipinski definition) is 0. The third kappa shape index (κ3) is 2.63. The molecule has 11 heteroatoms. The lowest BCUT2D eigenvalue weighted by atomic mass is 10.1. The van der Waals surface area contributed by atoms with E-state index >= 15 is 0 Å². The second kappa shape index (κ2) is 5.15. The Morgan fingerprint density at radius 1 is 1.05 bits per heavy atom. The number of hydrogen-bond acceptors (Lipinski definition) is 2. The number of nitrogens with zero attached hydrogens (tertiary/aromatic N) is 1. The van der Waals surface area contributed by atoms with Crippen LogP contribution in [0.25, 0.3) is 0 Å². The van der Waals surface area contributed by atoms with Gasteiger partial charge in [0.2, 0.25) is 4.69 Å². The molecule has 1 amide bonds. The van der Waals surface area contributed by atoms with Gasteiger partial charge in [-0.05, 0) is 28.8 Å². The van der Waals surface area contributed by atoms with Crippen molar-refractivity contribution in [3.8, 4) is 0 Å². The fourth-order valence-electron chi connectivity index (χ4n) is 1.74. The van der Waals surface area contributed by atoms with Crippen molar-refractivity contribution in [2.45, 2.75) is 36.9 Å². The van der Waals surface area contributed by atoms with E-state index < -0.39 is 41.2 Å². The van der Waals surface area contributed by atoms with Gasteiger partial charge in [-0.15, -0.1) is 0 Å². The zero-order valence-corrected chi connectivity index (χ0v) is 11.1. The molecule has 20 heavy (non-hydrogen) atoms. The maximum absolute atomic E-state index is 13.2. The van der Waals surface area contributed by atoms with E-state index in [1.54, 1.807) is 0 Å². The molecule has 3 nitrogen and oxygen atoms in total. The lowest BCUT2D eigenvalue weighted by molar-refractivity contribution is -0.345. The average molecular weight is 374 g/mol. The van der Waals surface area contributed by atoms with Crippen LogP contribution in [0.15, 0.2) is 0 Å². The molecule has 1 fully saturated rings. The van der Waals surface area contributed by atoms with Crippen LogP contribution in [0, 0.1) is 0 Å². The SMILES string of the molecule is O=C(Br)[C@@H]1CCCN1C(=O)C(F)(F)C(F)(F)C(F)(F)F. The lowest BCUT2D eigenvalue weighted by Gasteiger charge is -2.31. The van der Waals surface area contributed by atoms with Crippen molar-refractivity contribution < 1.29 is 40.3 Å². The molecule has 1 aliphatic heterocycles. The van der Waals surface area contributed by atoms with E-state index in [9.17, 15) is 40.3 Å². The summed E-state index contributed by atoms with van der Waals surface area (Å²) in [6.45, 7) is -0.496. The smallest absolute Gasteiger partial charge is 0.326 e. The van der Waals surface area contributed by atoms with Gasteiger partial charge in [-0.3, -0.25) is 9.59 Å². The zero-order chi connectivity index (χ0) is 15.9. The Hall–Kier alpha value is -0.870. The highest BCUT2D eigenvalue weighted by molar-refractivity contribution is 9.18. The Labute approximate surface area is 116 Å². The van der Waals surface area contributed by atoms with E-state index in [-0.39, 0.29) is 17.7 Å². The van der Waals surface area contributed by atoms with Crippen molar-refractivity contribution >= 4 is 26.5 Å². The monoisotopic (exact) mass is 373 g/mol. The Kier molecular flexibility index (Phi) is 4.43. The number of halogens is 8. The van der Waals surface area contributed by atoms with Crippen molar-refractivity contribution in [2.24, 2.45) is 0 Å². The molecule has 0 saturated carbocycles. The summed E-state index contributed by atoms with van der Waals surface area (Å²) in [6.07, 6.45) is -6.63. The van der Waals surface area contributed by atoms with Crippen LogP contribution in [0.3, 0.4) is 0 Å². The number of amides is 1. The van der Waals surface area contributed by atoms with Crippen LogP contribution in [-0.4, -0.2) is 46.1 Å². The second-order valence-corrected chi connectivity index (χ2v) is 4.89. The number of likely N-dealkylation sites (tertiary alicyclic amines) is 1. The molecule has 0 aromatic carbocycles. The van der Waals surface area contributed by atoms with Crippen LogP contribution < -0.4 is 0 Å². The van der Waals surface area contributed by atoms with E-state index in [1.165, 1.54) is 0 Å². The minimum absolute atomic E-state index is 0.0384. The van der Waals surface area contributed by atoms with Crippen LogP contribution >= 0.6 is 15.9 Å². The number of carbonyl (C=O) groups excluding carboxylic acids is 2. The molecule has 1 saturated heterocycles. The van der Waals surface area contributed by atoms with Crippen molar-refractivity contribution in [2.75, 3.05) is 6.54 Å². The van der Waals surface area contributed by atoms with Crippen molar-refractivity contribution in [1.82, 2.24) is 4.90 Å². The van der Waals surface area contributed by atoms with Gasteiger partial charge in [-0.25, -0.2) is 0 Å². The molecule has 1 atom stereocenters. The fourth-order valence-corrected chi connectivity index (χ4v) is 2.21. The first-order chi connectivity index (χ1) is 8.84. The fraction of sp³-hybridized carbons (Fsp3) is 0.778. The Morgan fingerprint density at radius 2 is 1.55 bits per heavy atom. The van der Waals surface area contributed by atoms with Gasteiger partial charge in [0.25, 0.3) is 0 Å². The Morgan fingerprint density at radius 3 is 1.95 bits per heavy atom. The molecular weight excluding hydrogens is 367 g/mol. The lowest BCUT2D eigenvalue weighted by Crippen LogP contribution is -2.61. The predicted octanol–water partition coefficient (Wildman–Crippen LogP) is 2.73. The molecule has 0 N–H and O–H groups in total. The van der Waals surface area contributed by atoms with Gasteiger partial charge in [0.05, 0.1) is 0 Å². The molecule has 0 aromatic heterocycles. The van der Waals surface area contributed by atoms with Crippen LogP contribution in [0.5, 0.6) is 0 Å². The molecule has 116 valence electrons. The van der Waals surface area contributed by atoms with Crippen LogP contribution in [-0.2, 0) is 9.59 Å². The second-order valence-electron chi connectivity index (χ2n) is 4.11. The summed E-state index contributed by atoms with van der Waals surface area (Å²) in [5.41, 5.74) is 0. The minimum Gasteiger partial charge on any atom is -0.326 e. The predicted molar refractivity (Wildman–Crippen MR) is 54.6 cm³/mol. The molecule has 0 bridgehead atoms. The average Bonchev–Trinajstić information content (AvgIpc) is 2.74. The van der Waals surface area contributed by atoms with Gasteiger partial charge in [0.1, 0.15) is 6.04 Å². The van der Waals surface area contributed by atoms with Gasteiger partial charge in [0.15, 0.2) is 0 Å². The maximum Gasteiger partial charge on any atom is 0.460 e. The summed E-state index contributed by atoms with van der Waals surface area (Å²) in [7, 11) is 0. The molecule has 1 heterocycles. The van der Waals surface area contributed by atoms with Crippen LogP contribution in [0.1, 0.15) is 12.8 Å². The highest BCUT2D eigenvalue weighted by atomic mass is 79.9. The first kappa shape index (κ1) is 17.2. The normalized spacial score (nSPS) is 21.2.